The van der Waals surface area contributed by atoms with E-state index in [1.165, 1.54) is 69.2 Å². The summed E-state index contributed by atoms with van der Waals surface area (Å²) in [6.45, 7) is 2.24. The molecule has 2 saturated carbocycles. The summed E-state index contributed by atoms with van der Waals surface area (Å²) in [5.74, 6) is -0.0159. The monoisotopic (exact) mass is 479 g/mol. The summed E-state index contributed by atoms with van der Waals surface area (Å²) in [7, 11) is 0. The van der Waals surface area contributed by atoms with Crippen molar-refractivity contribution in [1.82, 2.24) is 0 Å². The highest BCUT2D eigenvalue weighted by molar-refractivity contribution is 5.91. The number of ether oxygens (including phenoxy) is 1. The van der Waals surface area contributed by atoms with Crippen LogP contribution in [0.3, 0.4) is 0 Å². The van der Waals surface area contributed by atoms with Gasteiger partial charge in [0.25, 0.3) is 0 Å². The first kappa shape index (κ1) is 25.4. The normalized spacial score (nSPS) is 23.8. The Balaban J connectivity index is 1.37. The van der Waals surface area contributed by atoms with Crippen LogP contribution < -0.4 is 4.74 Å². The van der Waals surface area contributed by atoms with Gasteiger partial charge in [0.15, 0.2) is 0 Å². The van der Waals surface area contributed by atoms with Crippen molar-refractivity contribution in [2.24, 2.45) is 17.8 Å². The van der Waals surface area contributed by atoms with Crippen LogP contribution in [0.5, 0.6) is 5.75 Å². The minimum absolute atomic E-state index is 0.125. The van der Waals surface area contributed by atoms with Gasteiger partial charge in [0.1, 0.15) is 17.4 Å². The lowest BCUT2D eigenvalue weighted by Crippen LogP contribution is -2.31. The highest BCUT2D eigenvalue weighted by Crippen LogP contribution is 2.49. The number of hydrogen-bond donors (Lipinski definition) is 0. The van der Waals surface area contributed by atoms with E-state index in [0.717, 1.165) is 43.7 Å². The average Bonchev–Trinajstić information content (AvgIpc) is 2.86. The summed E-state index contributed by atoms with van der Waals surface area (Å²) in [6, 6.07) is 10.2. The number of esters is 1. The lowest BCUT2D eigenvalue weighted by molar-refractivity contribution is 0.0733. The molecule has 0 radical (unpaired) electrons. The number of nitriles is 1. The van der Waals surface area contributed by atoms with Crippen LogP contribution in [0.2, 0.25) is 0 Å². The second-order valence-corrected chi connectivity index (χ2v) is 10.4. The van der Waals surface area contributed by atoms with Gasteiger partial charge in [0.2, 0.25) is 0 Å². The lowest BCUT2D eigenvalue weighted by Gasteiger charge is -2.42. The van der Waals surface area contributed by atoms with E-state index in [1.807, 2.05) is 6.07 Å². The number of carbonyl (C=O) groups is 1. The summed E-state index contributed by atoms with van der Waals surface area (Å²) in [5, 5.41) is 8.86. The Morgan fingerprint density at radius 1 is 0.971 bits per heavy atom. The van der Waals surface area contributed by atoms with Crippen molar-refractivity contribution < 1.29 is 18.3 Å². The van der Waals surface area contributed by atoms with Crippen LogP contribution >= 0.6 is 0 Å². The SMILES string of the molecule is CCCCCC[C@H]1CC[C@@H]2CC(c3c(F)cc(C(=O)Oc4ccc(C#N)cc4)cc3F)CC[C@H]2C1. The van der Waals surface area contributed by atoms with Crippen molar-refractivity contribution in [3.8, 4) is 11.8 Å². The third-order valence-electron chi connectivity index (χ3n) is 8.10. The van der Waals surface area contributed by atoms with Crippen LogP contribution in [-0.4, -0.2) is 5.97 Å². The summed E-state index contributed by atoms with van der Waals surface area (Å²) in [4.78, 5) is 12.5. The first-order chi connectivity index (χ1) is 17.0. The third-order valence-corrected chi connectivity index (χ3v) is 8.10. The third kappa shape index (κ3) is 6.28. The Bertz CT molecular complexity index is 1040. The Morgan fingerprint density at radius 2 is 1.66 bits per heavy atom. The molecule has 4 rings (SSSR count). The second kappa shape index (κ2) is 11.8. The Kier molecular flexibility index (Phi) is 8.55. The van der Waals surface area contributed by atoms with E-state index in [-0.39, 0.29) is 22.8 Å². The molecule has 0 heterocycles. The predicted octanol–water partition coefficient (Wildman–Crippen LogP) is 8.33. The molecule has 0 saturated heterocycles. The molecule has 0 amide bonds. The van der Waals surface area contributed by atoms with Crippen LogP contribution in [0.15, 0.2) is 36.4 Å². The number of nitrogens with zero attached hydrogens (tertiary/aromatic N) is 1. The number of rotatable bonds is 8. The zero-order chi connectivity index (χ0) is 24.8. The van der Waals surface area contributed by atoms with E-state index in [1.54, 1.807) is 0 Å². The van der Waals surface area contributed by atoms with Gasteiger partial charge in [-0.1, -0.05) is 45.4 Å². The summed E-state index contributed by atoms with van der Waals surface area (Å²) in [6.07, 6.45) is 12.9. The molecule has 1 unspecified atom stereocenters. The van der Waals surface area contributed by atoms with Crippen molar-refractivity contribution >= 4 is 5.97 Å². The molecule has 2 aliphatic rings. The molecule has 0 spiro atoms. The maximum absolute atomic E-state index is 15.1. The van der Waals surface area contributed by atoms with E-state index >= 15 is 8.78 Å². The van der Waals surface area contributed by atoms with Crippen molar-refractivity contribution in [2.75, 3.05) is 0 Å². The fourth-order valence-corrected chi connectivity index (χ4v) is 6.23. The van der Waals surface area contributed by atoms with E-state index in [9.17, 15) is 4.79 Å². The molecule has 5 heteroatoms. The average molecular weight is 480 g/mol. The largest absolute Gasteiger partial charge is 0.423 e. The molecule has 4 atom stereocenters. The molecule has 0 aromatic heterocycles. The maximum atomic E-state index is 15.1. The number of halogens is 2. The van der Waals surface area contributed by atoms with E-state index in [2.05, 4.69) is 6.92 Å². The highest BCUT2D eigenvalue weighted by Gasteiger charge is 2.37. The number of unbranched alkanes of at least 4 members (excludes halogenated alkanes) is 3. The zero-order valence-corrected chi connectivity index (χ0v) is 20.6. The lowest BCUT2D eigenvalue weighted by atomic mass is 9.63. The summed E-state index contributed by atoms with van der Waals surface area (Å²) < 4.78 is 35.4. The molecular formula is C30H35F2NO2. The second-order valence-electron chi connectivity index (χ2n) is 10.4. The minimum atomic E-state index is -0.819. The topological polar surface area (TPSA) is 50.1 Å². The number of carbonyl (C=O) groups excluding carboxylic acids is 1. The molecule has 2 aromatic rings. The Labute approximate surface area is 207 Å². The van der Waals surface area contributed by atoms with E-state index in [0.29, 0.717) is 17.4 Å². The molecule has 186 valence electrons. The van der Waals surface area contributed by atoms with Crippen LogP contribution in [0.1, 0.15) is 105 Å². The predicted molar refractivity (Wildman–Crippen MR) is 132 cm³/mol. The molecule has 2 aromatic carbocycles. The van der Waals surface area contributed by atoms with Gasteiger partial charge in [-0.15, -0.1) is 0 Å². The fourth-order valence-electron chi connectivity index (χ4n) is 6.23. The van der Waals surface area contributed by atoms with Gasteiger partial charge in [-0.05, 0) is 92.2 Å². The Hall–Kier alpha value is -2.74. The maximum Gasteiger partial charge on any atom is 0.343 e. The summed E-state index contributed by atoms with van der Waals surface area (Å²) >= 11 is 0. The van der Waals surface area contributed by atoms with Crippen LogP contribution in [-0.2, 0) is 0 Å². The van der Waals surface area contributed by atoms with Gasteiger partial charge in [0.05, 0.1) is 17.2 Å². The smallest absolute Gasteiger partial charge is 0.343 e. The number of hydrogen-bond acceptors (Lipinski definition) is 3. The first-order valence-electron chi connectivity index (χ1n) is 13.2. The van der Waals surface area contributed by atoms with Crippen molar-refractivity contribution in [3.63, 3.8) is 0 Å². The molecule has 2 fully saturated rings. The quantitative estimate of drug-likeness (QED) is 0.217. The van der Waals surface area contributed by atoms with Crippen LogP contribution in [0.4, 0.5) is 8.78 Å². The zero-order valence-electron chi connectivity index (χ0n) is 20.6. The van der Waals surface area contributed by atoms with Gasteiger partial charge in [-0.2, -0.15) is 5.26 Å². The highest BCUT2D eigenvalue weighted by atomic mass is 19.1. The van der Waals surface area contributed by atoms with E-state index < -0.39 is 17.6 Å². The van der Waals surface area contributed by atoms with Gasteiger partial charge in [0, 0.05) is 5.56 Å². The molecule has 0 aliphatic heterocycles. The molecule has 0 N–H and O–H groups in total. The fraction of sp³-hybridized carbons (Fsp3) is 0.533. The molecule has 2 aliphatic carbocycles. The van der Waals surface area contributed by atoms with Crippen LogP contribution in [0, 0.1) is 40.7 Å². The van der Waals surface area contributed by atoms with Crippen molar-refractivity contribution in [1.29, 1.82) is 5.26 Å². The van der Waals surface area contributed by atoms with E-state index in [4.69, 9.17) is 10.00 Å². The first-order valence-corrected chi connectivity index (χ1v) is 13.2. The van der Waals surface area contributed by atoms with Crippen molar-refractivity contribution in [3.05, 3.63) is 64.7 Å². The van der Waals surface area contributed by atoms with Gasteiger partial charge in [-0.25, -0.2) is 13.6 Å². The van der Waals surface area contributed by atoms with Gasteiger partial charge < -0.3 is 4.74 Å². The summed E-state index contributed by atoms with van der Waals surface area (Å²) in [5.41, 5.74) is 0.409. The minimum Gasteiger partial charge on any atom is -0.423 e. The molecule has 3 nitrogen and oxygen atoms in total. The van der Waals surface area contributed by atoms with Gasteiger partial charge in [-0.3, -0.25) is 0 Å². The van der Waals surface area contributed by atoms with Crippen molar-refractivity contribution in [2.45, 2.75) is 83.5 Å². The number of fused-ring (bicyclic) bond motifs is 1. The molecule has 35 heavy (non-hydrogen) atoms. The Morgan fingerprint density at radius 3 is 2.34 bits per heavy atom. The number of benzene rings is 2. The molecular weight excluding hydrogens is 444 g/mol. The van der Waals surface area contributed by atoms with Crippen LogP contribution in [0.25, 0.3) is 0 Å². The van der Waals surface area contributed by atoms with Gasteiger partial charge >= 0.3 is 5.97 Å². The molecule has 0 bridgehead atoms. The standard InChI is InChI=1S/C30H35F2NO2/c1-2-3-4-5-6-20-7-10-23-16-24(12-11-22(23)15-20)29-27(31)17-25(18-28(29)32)30(34)35-26-13-8-21(19-33)9-14-26/h8-9,13-14,17-18,20,22-24H,2-7,10-12,15-16H2,1H3/t20-,22-,23+,24?/m0/s1.